The number of aryl methyl sites for hydroxylation is 2. The lowest BCUT2D eigenvalue weighted by atomic mass is 9.87. The average Bonchev–Trinajstić information content (AvgIpc) is 2.94. The third-order valence-electron chi connectivity index (χ3n) is 6.11. The van der Waals surface area contributed by atoms with Crippen molar-refractivity contribution in [2.24, 2.45) is 0 Å². The lowest BCUT2D eigenvalue weighted by molar-refractivity contribution is -0.115. The molecule has 4 rings (SSSR count). The molecule has 41 heavy (non-hydrogen) atoms. The number of terminal acetylenes is 1. The highest BCUT2D eigenvalue weighted by molar-refractivity contribution is 7.27. The van der Waals surface area contributed by atoms with Gasteiger partial charge in [0.25, 0.3) is 5.56 Å². The highest BCUT2D eigenvalue weighted by Gasteiger charge is 2.26. The third kappa shape index (κ3) is 10.6. The minimum Gasteiger partial charge on any atom is -0.307 e. The first-order valence-corrected chi connectivity index (χ1v) is 14.0. The zero-order chi connectivity index (χ0) is 31.1. The van der Waals surface area contributed by atoms with Gasteiger partial charge in [0.05, 0.1) is 6.04 Å². The molecule has 1 aromatic heterocycles. The van der Waals surface area contributed by atoms with Crippen molar-refractivity contribution < 1.29 is 9.59 Å². The Morgan fingerprint density at radius 1 is 0.878 bits per heavy atom. The maximum absolute atomic E-state index is 13.9. The number of carbonyl (C=O) groups excluding carboxylic acids is 2. The van der Waals surface area contributed by atoms with Gasteiger partial charge in [0, 0.05) is 22.2 Å². The average molecular weight is 588 g/mol. The molecular formula is C35H39ClNO3P. The summed E-state index contributed by atoms with van der Waals surface area (Å²) >= 11 is 6.14. The molecule has 0 radical (unpaired) electrons. The van der Waals surface area contributed by atoms with E-state index in [1.54, 1.807) is 6.92 Å². The summed E-state index contributed by atoms with van der Waals surface area (Å²) in [6.45, 7) is 12.9. The molecule has 0 aliphatic carbocycles. The van der Waals surface area contributed by atoms with Crippen molar-refractivity contribution in [1.82, 2.24) is 4.57 Å². The molecule has 0 spiro atoms. The van der Waals surface area contributed by atoms with Gasteiger partial charge in [-0.1, -0.05) is 84.8 Å². The van der Waals surface area contributed by atoms with Gasteiger partial charge in [-0.2, -0.15) is 0 Å². The first kappa shape index (κ1) is 35.3. The number of aromatic nitrogens is 1. The van der Waals surface area contributed by atoms with E-state index in [2.05, 4.69) is 59.7 Å². The van der Waals surface area contributed by atoms with Crippen LogP contribution in [0.15, 0.2) is 89.7 Å². The van der Waals surface area contributed by atoms with Crippen molar-refractivity contribution in [2.75, 3.05) is 0 Å². The Morgan fingerprint density at radius 2 is 1.34 bits per heavy atom. The van der Waals surface area contributed by atoms with Crippen molar-refractivity contribution in [2.45, 2.75) is 53.5 Å². The predicted molar refractivity (Wildman–Crippen MR) is 177 cm³/mol. The molecule has 4 nitrogen and oxygen atoms in total. The van der Waals surface area contributed by atoms with E-state index in [-0.39, 0.29) is 23.3 Å². The normalized spacial score (nSPS) is 11.1. The third-order valence-corrected chi connectivity index (χ3v) is 6.75. The second-order valence-corrected chi connectivity index (χ2v) is 10.7. The highest BCUT2D eigenvalue weighted by atomic mass is 35.5. The second-order valence-electron chi connectivity index (χ2n) is 9.58. The molecule has 0 saturated heterocycles. The minimum absolute atomic E-state index is 0.0228. The number of ketones is 1. The summed E-state index contributed by atoms with van der Waals surface area (Å²) in [5.74, 6) is 2.48. The molecule has 0 aliphatic heterocycles. The summed E-state index contributed by atoms with van der Waals surface area (Å²) in [4.78, 5) is 31.3. The van der Waals surface area contributed by atoms with E-state index in [9.17, 15) is 9.59 Å². The van der Waals surface area contributed by atoms with Crippen molar-refractivity contribution in [3.8, 4) is 23.5 Å². The van der Waals surface area contributed by atoms with E-state index in [4.69, 9.17) is 16.4 Å². The molecule has 0 saturated carbocycles. The van der Waals surface area contributed by atoms with Gasteiger partial charge in [-0.15, -0.1) is 21.6 Å². The Morgan fingerprint density at radius 3 is 1.83 bits per heavy atom. The molecule has 4 aromatic rings. The molecule has 3 atom stereocenters. The standard InChI is InChI=1S/C28H27ClNOP.C3H6O.C3H4.CH2O/c1-18-4-7-22(8-5-18)26-17-6-19(2)30(28(26)31)27(23-11-15-25(32)16-12-23)20(3)21-9-13-24(29)14-10-21;1-3(2)4;1-3-2;1-2/h4-17,20,27H,32H2,1-3H3;1-2H3;1H,2H3;1H2/t20?,27-;;;/m1.../s1. The zero-order valence-corrected chi connectivity index (χ0v) is 26.6. The fourth-order valence-electron chi connectivity index (χ4n) is 4.25. The predicted octanol–water partition coefficient (Wildman–Crippen LogP) is 7.73. The summed E-state index contributed by atoms with van der Waals surface area (Å²) in [5.41, 5.74) is 6.03. The number of carbonyl (C=O) groups is 2. The number of nitrogens with zero attached hydrogens (tertiary/aromatic N) is 1. The molecule has 0 N–H and O–H groups in total. The largest absolute Gasteiger partial charge is 0.307 e. The van der Waals surface area contributed by atoms with Crippen LogP contribution in [0, 0.1) is 26.2 Å². The van der Waals surface area contributed by atoms with Crippen LogP contribution in [-0.4, -0.2) is 17.1 Å². The lowest BCUT2D eigenvalue weighted by Gasteiger charge is -2.29. The van der Waals surface area contributed by atoms with Crippen LogP contribution in [-0.2, 0) is 9.59 Å². The first-order chi connectivity index (χ1) is 19.5. The maximum atomic E-state index is 13.9. The molecule has 214 valence electrons. The Labute approximate surface area is 252 Å². The maximum Gasteiger partial charge on any atom is 0.259 e. The van der Waals surface area contributed by atoms with E-state index in [0.29, 0.717) is 10.6 Å². The van der Waals surface area contributed by atoms with Crippen LogP contribution < -0.4 is 10.9 Å². The van der Waals surface area contributed by atoms with E-state index < -0.39 is 0 Å². The van der Waals surface area contributed by atoms with Crippen LogP contribution in [0.5, 0.6) is 0 Å². The molecule has 3 aromatic carbocycles. The van der Waals surface area contributed by atoms with Crippen LogP contribution in [0.3, 0.4) is 0 Å². The lowest BCUT2D eigenvalue weighted by Crippen LogP contribution is -2.31. The monoisotopic (exact) mass is 587 g/mol. The van der Waals surface area contributed by atoms with Gasteiger partial charge in [0.15, 0.2) is 0 Å². The summed E-state index contributed by atoms with van der Waals surface area (Å²) < 4.78 is 1.95. The molecule has 0 aliphatic rings. The number of benzene rings is 3. The Balaban J connectivity index is 0.000000830. The summed E-state index contributed by atoms with van der Waals surface area (Å²) in [7, 11) is 2.73. The van der Waals surface area contributed by atoms with E-state index in [1.165, 1.54) is 19.4 Å². The number of hydrogen-bond acceptors (Lipinski definition) is 3. The number of hydrogen-bond donors (Lipinski definition) is 0. The molecule has 6 heteroatoms. The topological polar surface area (TPSA) is 56.1 Å². The highest BCUT2D eigenvalue weighted by Crippen LogP contribution is 2.35. The molecule has 0 amide bonds. The Bertz CT molecular complexity index is 1480. The Hall–Kier alpha value is -3.77. The van der Waals surface area contributed by atoms with Crippen molar-refractivity contribution in [3.05, 3.63) is 123 Å². The molecular weight excluding hydrogens is 549 g/mol. The fraction of sp³-hybridized carbons (Fsp3) is 0.229. The van der Waals surface area contributed by atoms with Crippen LogP contribution in [0.4, 0.5) is 0 Å². The minimum atomic E-state index is -0.153. The molecule has 2 unspecified atom stereocenters. The summed E-state index contributed by atoms with van der Waals surface area (Å²) in [5, 5.41) is 1.82. The number of pyridine rings is 1. The van der Waals surface area contributed by atoms with Crippen LogP contribution >= 0.6 is 20.8 Å². The number of Topliss-reactive ketones (excluding diaryl/α,β-unsaturated/α-hetero) is 1. The van der Waals surface area contributed by atoms with Crippen molar-refractivity contribution in [3.63, 3.8) is 0 Å². The van der Waals surface area contributed by atoms with Gasteiger partial charge in [0.1, 0.15) is 12.6 Å². The number of rotatable bonds is 5. The quantitative estimate of drug-likeness (QED) is 0.177. The first-order valence-electron chi connectivity index (χ1n) is 13.0. The van der Waals surface area contributed by atoms with E-state index >= 15 is 0 Å². The van der Waals surface area contributed by atoms with E-state index in [0.717, 1.165) is 27.7 Å². The van der Waals surface area contributed by atoms with Crippen LogP contribution in [0.1, 0.15) is 62.0 Å². The SMILES string of the molecule is C#CC.C=O.CC(C)=O.Cc1ccc(-c2ccc(C)n([C@@H](c3ccc(P)cc3)C(C)c3ccc(Cl)cc3)c2=O)cc1. The second kappa shape index (κ2) is 17.8. The Kier molecular flexibility index (Phi) is 15.3. The van der Waals surface area contributed by atoms with Gasteiger partial charge in [0.2, 0.25) is 0 Å². The van der Waals surface area contributed by atoms with E-state index in [1.807, 2.05) is 78.9 Å². The zero-order valence-electron chi connectivity index (χ0n) is 24.6. The van der Waals surface area contributed by atoms with Crippen molar-refractivity contribution in [1.29, 1.82) is 0 Å². The van der Waals surface area contributed by atoms with Crippen LogP contribution in [0.25, 0.3) is 11.1 Å². The number of halogens is 1. The van der Waals surface area contributed by atoms with Crippen molar-refractivity contribution >= 4 is 38.7 Å². The van der Waals surface area contributed by atoms with Gasteiger partial charge in [-0.3, -0.25) is 4.79 Å². The van der Waals surface area contributed by atoms with Crippen LogP contribution in [0.2, 0.25) is 5.02 Å². The van der Waals surface area contributed by atoms with Gasteiger partial charge < -0.3 is 14.2 Å². The molecule has 0 bridgehead atoms. The fourth-order valence-corrected chi connectivity index (χ4v) is 4.57. The summed E-state index contributed by atoms with van der Waals surface area (Å²) in [6.07, 6.45) is 4.60. The molecule has 1 heterocycles. The van der Waals surface area contributed by atoms with Gasteiger partial charge in [-0.25, -0.2) is 0 Å². The van der Waals surface area contributed by atoms with Gasteiger partial charge >= 0.3 is 0 Å². The van der Waals surface area contributed by atoms with Gasteiger partial charge in [-0.05, 0) is 80.9 Å². The smallest absolute Gasteiger partial charge is 0.259 e. The summed E-state index contributed by atoms with van der Waals surface area (Å²) in [6, 6.07) is 28.3. The molecule has 0 fully saturated rings.